The molecule has 0 saturated heterocycles. The molecular weight excluding hydrogens is 321 g/mol. The Morgan fingerprint density at radius 2 is 1.73 bits per heavy atom. The third-order valence-electron chi connectivity index (χ3n) is 2.99. The van der Waals surface area contributed by atoms with Crippen LogP contribution in [0.2, 0.25) is 0 Å². The van der Waals surface area contributed by atoms with E-state index in [2.05, 4.69) is 29.6 Å². The maximum atomic E-state index is 10.7. The van der Waals surface area contributed by atoms with Crippen LogP contribution in [0.15, 0.2) is 12.4 Å². The van der Waals surface area contributed by atoms with E-state index in [0.29, 0.717) is 0 Å². The number of nitrogens with zero attached hydrogens (tertiary/aromatic N) is 1. The molecule has 130 valence electrons. The van der Waals surface area contributed by atoms with Crippen LogP contribution >= 0.6 is 0 Å². The first-order chi connectivity index (χ1) is 10.1. The molecule has 22 heavy (non-hydrogen) atoms. The highest BCUT2D eigenvalue weighted by Crippen LogP contribution is 2.20. The van der Waals surface area contributed by atoms with Crippen LogP contribution in [0.3, 0.4) is 0 Å². The number of unbranched alkanes of at least 4 members (excludes halogenated alkanes) is 4. The molecule has 0 saturated carbocycles. The minimum atomic E-state index is -6.09. The zero-order chi connectivity index (χ0) is 17.2. The summed E-state index contributed by atoms with van der Waals surface area (Å²) in [6, 6.07) is 0. The molecule has 0 spiro atoms. The molecular formula is C13H23F3N2O3S. The van der Waals surface area contributed by atoms with Gasteiger partial charge < -0.3 is 4.55 Å². The van der Waals surface area contributed by atoms with Gasteiger partial charge in [-0.3, -0.25) is 0 Å². The van der Waals surface area contributed by atoms with Crippen molar-refractivity contribution < 1.29 is 30.7 Å². The van der Waals surface area contributed by atoms with E-state index in [9.17, 15) is 13.2 Å². The summed E-state index contributed by atoms with van der Waals surface area (Å²) in [5.41, 5.74) is -5.65. The van der Waals surface area contributed by atoms with Crippen LogP contribution in [0.5, 0.6) is 0 Å². The van der Waals surface area contributed by atoms with E-state index < -0.39 is 15.6 Å². The molecule has 0 amide bonds. The Hall–Kier alpha value is -1.09. The number of hydrogen-bond donors (Lipinski definition) is 1. The number of aromatic nitrogens is 2. The lowest BCUT2D eigenvalue weighted by molar-refractivity contribution is -0.699. The van der Waals surface area contributed by atoms with Gasteiger partial charge in [-0.2, -0.15) is 13.2 Å². The Labute approximate surface area is 129 Å². The van der Waals surface area contributed by atoms with Gasteiger partial charge in [0, 0.05) is 6.42 Å². The number of nitrogens with one attached hydrogen (secondary N) is 1. The summed E-state index contributed by atoms with van der Waals surface area (Å²) in [5, 5.41) is 0. The molecule has 0 aromatic carbocycles. The molecule has 1 N–H and O–H groups in total. The second-order valence-electron chi connectivity index (χ2n) is 4.76. The van der Waals surface area contributed by atoms with E-state index in [1.54, 1.807) is 0 Å². The van der Waals surface area contributed by atoms with Crippen molar-refractivity contribution in [2.75, 3.05) is 0 Å². The lowest BCUT2D eigenvalue weighted by Gasteiger charge is -2.08. The highest BCUT2D eigenvalue weighted by Gasteiger charge is 2.36. The van der Waals surface area contributed by atoms with Gasteiger partial charge in [0.1, 0.15) is 12.4 Å². The monoisotopic (exact) mass is 344 g/mol. The van der Waals surface area contributed by atoms with Crippen molar-refractivity contribution in [2.24, 2.45) is 0 Å². The Morgan fingerprint density at radius 1 is 1.18 bits per heavy atom. The average Bonchev–Trinajstić information content (AvgIpc) is 2.84. The molecule has 5 nitrogen and oxygen atoms in total. The van der Waals surface area contributed by atoms with E-state index in [0.717, 1.165) is 6.54 Å². The largest absolute Gasteiger partial charge is 0.741 e. The van der Waals surface area contributed by atoms with Crippen molar-refractivity contribution in [3.63, 3.8) is 0 Å². The minimum Gasteiger partial charge on any atom is -0.741 e. The first kappa shape index (κ1) is 20.9. The summed E-state index contributed by atoms with van der Waals surface area (Å²) in [6.07, 6.45) is 12.2. The molecule has 1 rings (SSSR count). The quantitative estimate of drug-likeness (QED) is 0.358. The van der Waals surface area contributed by atoms with Crippen LogP contribution in [0, 0.1) is 0 Å². The molecule has 0 atom stereocenters. The van der Waals surface area contributed by atoms with Crippen LogP contribution in [-0.2, 0) is 23.1 Å². The predicted octanol–water partition coefficient (Wildman–Crippen LogP) is 2.89. The number of rotatable bonds is 7. The molecule has 0 aliphatic rings. The van der Waals surface area contributed by atoms with Crippen molar-refractivity contribution in [3.05, 3.63) is 18.2 Å². The molecule has 1 aromatic heterocycles. The fourth-order valence-corrected chi connectivity index (χ4v) is 1.80. The zero-order valence-corrected chi connectivity index (χ0v) is 13.6. The number of aryl methyl sites for hydroxylation is 2. The van der Waals surface area contributed by atoms with Gasteiger partial charge in [0.2, 0.25) is 0 Å². The molecule has 0 radical (unpaired) electrons. The van der Waals surface area contributed by atoms with Crippen molar-refractivity contribution in [3.8, 4) is 0 Å². The molecule has 0 aliphatic heterocycles. The van der Waals surface area contributed by atoms with Gasteiger partial charge in [-0.05, 0) is 13.3 Å². The first-order valence-electron chi connectivity index (χ1n) is 7.21. The number of hydrogen-bond acceptors (Lipinski definition) is 3. The highest BCUT2D eigenvalue weighted by molar-refractivity contribution is 7.86. The van der Waals surface area contributed by atoms with E-state index in [4.69, 9.17) is 13.0 Å². The summed E-state index contributed by atoms with van der Waals surface area (Å²) in [5.74, 6) is 1.38. The summed E-state index contributed by atoms with van der Waals surface area (Å²) in [7, 11) is -6.09. The van der Waals surface area contributed by atoms with Gasteiger partial charge in [0.05, 0.1) is 6.54 Å². The summed E-state index contributed by atoms with van der Waals surface area (Å²) in [6.45, 7) is 5.53. The summed E-state index contributed by atoms with van der Waals surface area (Å²) < 4.78 is 61.2. The second kappa shape index (κ2) is 9.83. The van der Waals surface area contributed by atoms with Gasteiger partial charge in [0.25, 0.3) is 5.82 Å². The maximum Gasteiger partial charge on any atom is 0.485 e. The number of halogens is 3. The molecule has 0 unspecified atom stereocenters. The summed E-state index contributed by atoms with van der Waals surface area (Å²) in [4.78, 5) is 3.31. The maximum absolute atomic E-state index is 10.7. The Bertz CT molecular complexity index is 513. The van der Waals surface area contributed by atoms with E-state index in [1.165, 1.54) is 44.3 Å². The summed E-state index contributed by atoms with van der Waals surface area (Å²) >= 11 is 0. The average molecular weight is 344 g/mol. The normalized spacial score (nSPS) is 11.9. The number of imidazole rings is 1. The molecule has 1 aromatic rings. The smallest absolute Gasteiger partial charge is 0.485 e. The third kappa shape index (κ3) is 8.38. The third-order valence-corrected chi connectivity index (χ3v) is 3.56. The first-order valence-corrected chi connectivity index (χ1v) is 8.62. The second-order valence-corrected chi connectivity index (χ2v) is 6.13. The van der Waals surface area contributed by atoms with Crippen molar-refractivity contribution in [1.82, 2.24) is 4.98 Å². The number of aromatic amines is 1. The Morgan fingerprint density at radius 3 is 2.18 bits per heavy atom. The van der Waals surface area contributed by atoms with Crippen molar-refractivity contribution >= 4 is 10.1 Å². The van der Waals surface area contributed by atoms with Gasteiger partial charge in [-0.15, -0.1) is 0 Å². The van der Waals surface area contributed by atoms with Crippen LogP contribution in [0.4, 0.5) is 13.2 Å². The predicted molar refractivity (Wildman–Crippen MR) is 74.9 cm³/mol. The zero-order valence-electron chi connectivity index (χ0n) is 12.8. The van der Waals surface area contributed by atoms with Gasteiger partial charge in [-0.1, -0.05) is 32.6 Å². The Kier molecular flexibility index (Phi) is 9.34. The van der Waals surface area contributed by atoms with Crippen LogP contribution < -0.4 is 4.57 Å². The standard InChI is InChI=1S/C12H22N2.CHF3O3S/c1-3-5-6-7-8-9-12-13-10-11-14(12)4-2;2-1(3,4)8(5,6)7/h10-11H,3-9H2,1-2H3;(H,5,6,7). The lowest BCUT2D eigenvalue weighted by Crippen LogP contribution is -2.34. The fourth-order valence-electron chi connectivity index (χ4n) is 1.80. The van der Waals surface area contributed by atoms with Crippen LogP contribution in [0.1, 0.15) is 51.8 Å². The topological polar surface area (TPSA) is 76.9 Å². The van der Waals surface area contributed by atoms with E-state index in [-0.39, 0.29) is 0 Å². The number of alkyl halides is 3. The molecule has 1 heterocycles. The van der Waals surface area contributed by atoms with Gasteiger partial charge in [0.15, 0.2) is 10.1 Å². The van der Waals surface area contributed by atoms with E-state index in [1.807, 2.05) is 6.20 Å². The molecule has 9 heteroatoms. The highest BCUT2D eigenvalue weighted by atomic mass is 32.2. The fraction of sp³-hybridized carbons (Fsp3) is 0.769. The van der Waals surface area contributed by atoms with Crippen LogP contribution in [0.25, 0.3) is 0 Å². The SMILES string of the molecule is CCCCCCCc1[nH]cc[n+]1CC.O=S(=O)([O-])C(F)(F)F. The van der Waals surface area contributed by atoms with E-state index >= 15 is 0 Å². The Balaban J connectivity index is 0.000000472. The van der Waals surface area contributed by atoms with Crippen molar-refractivity contribution in [2.45, 2.75) is 64.4 Å². The number of H-pyrrole nitrogens is 1. The van der Waals surface area contributed by atoms with Gasteiger partial charge >= 0.3 is 5.51 Å². The van der Waals surface area contributed by atoms with Crippen molar-refractivity contribution in [1.29, 1.82) is 0 Å². The lowest BCUT2D eigenvalue weighted by atomic mass is 10.1. The minimum absolute atomic E-state index is 1.08. The van der Waals surface area contributed by atoms with Gasteiger partial charge in [-0.25, -0.2) is 18.0 Å². The molecule has 0 aliphatic carbocycles. The molecule has 0 bridgehead atoms. The van der Waals surface area contributed by atoms with Crippen LogP contribution in [-0.4, -0.2) is 23.5 Å². The molecule has 0 fully saturated rings.